The Hall–Kier alpha value is -2.97. The Morgan fingerprint density at radius 2 is 1.69 bits per heavy atom. The first-order chi connectivity index (χ1) is 14.0. The van der Waals surface area contributed by atoms with Crippen LogP contribution in [0.5, 0.6) is 23.0 Å². The zero-order valence-electron chi connectivity index (χ0n) is 16.2. The lowest BCUT2D eigenvalue weighted by Gasteiger charge is -2.12. The topological polar surface area (TPSA) is 78.9 Å². The van der Waals surface area contributed by atoms with Crippen LogP contribution in [-0.4, -0.2) is 39.3 Å². The molecule has 152 valence electrons. The van der Waals surface area contributed by atoms with Crippen molar-refractivity contribution < 1.29 is 23.7 Å². The van der Waals surface area contributed by atoms with Crippen LogP contribution in [0.4, 0.5) is 5.13 Å². The van der Waals surface area contributed by atoms with Crippen LogP contribution < -0.4 is 24.3 Å². The van der Waals surface area contributed by atoms with Gasteiger partial charge in [0.15, 0.2) is 16.6 Å². The standard InChI is InChI=1S/C20H19ClN2O5S/c1-25-13-7-6-12(21)19-17(13)23-20(29-19)22-16(24)8-5-11-9-14(26-2)18(28-4)15(10-11)27-3/h5-10H,1-4H3,(H,22,23,24)/b8-5-. The average molecular weight is 435 g/mol. The number of carbonyl (C=O) groups excluding carboxylic acids is 1. The summed E-state index contributed by atoms with van der Waals surface area (Å²) in [4.78, 5) is 16.8. The van der Waals surface area contributed by atoms with Gasteiger partial charge in [-0.2, -0.15) is 0 Å². The number of thiazole rings is 1. The number of carbonyl (C=O) groups is 1. The van der Waals surface area contributed by atoms with E-state index in [9.17, 15) is 4.79 Å². The molecule has 0 radical (unpaired) electrons. The molecule has 0 aliphatic rings. The lowest BCUT2D eigenvalue weighted by Crippen LogP contribution is -2.07. The zero-order chi connectivity index (χ0) is 21.0. The normalized spacial score (nSPS) is 10.9. The summed E-state index contributed by atoms with van der Waals surface area (Å²) in [5.41, 5.74) is 1.32. The van der Waals surface area contributed by atoms with Gasteiger partial charge in [-0.1, -0.05) is 22.9 Å². The van der Waals surface area contributed by atoms with Crippen molar-refractivity contribution in [3.8, 4) is 23.0 Å². The molecule has 3 rings (SSSR count). The molecule has 0 spiro atoms. The fraction of sp³-hybridized carbons (Fsp3) is 0.200. The second-order valence-electron chi connectivity index (χ2n) is 5.73. The van der Waals surface area contributed by atoms with E-state index in [2.05, 4.69) is 10.3 Å². The molecular weight excluding hydrogens is 416 g/mol. The third-order valence-electron chi connectivity index (χ3n) is 4.02. The number of rotatable bonds is 7. The summed E-state index contributed by atoms with van der Waals surface area (Å²) in [7, 11) is 6.15. The van der Waals surface area contributed by atoms with Crippen molar-refractivity contribution in [3.05, 3.63) is 40.9 Å². The second-order valence-corrected chi connectivity index (χ2v) is 7.13. The van der Waals surface area contributed by atoms with E-state index >= 15 is 0 Å². The largest absolute Gasteiger partial charge is 0.494 e. The zero-order valence-corrected chi connectivity index (χ0v) is 17.8. The molecule has 1 aromatic heterocycles. The number of methoxy groups -OCH3 is 4. The molecule has 0 fully saturated rings. The van der Waals surface area contributed by atoms with Crippen LogP contribution >= 0.6 is 22.9 Å². The maximum atomic E-state index is 12.4. The van der Waals surface area contributed by atoms with Crippen LogP contribution in [-0.2, 0) is 4.79 Å². The van der Waals surface area contributed by atoms with Gasteiger partial charge >= 0.3 is 0 Å². The predicted molar refractivity (Wildman–Crippen MR) is 115 cm³/mol. The van der Waals surface area contributed by atoms with E-state index in [1.807, 2.05) is 0 Å². The number of aromatic nitrogens is 1. The highest BCUT2D eigenvalue weighted by atomic mass is 35.5. The van der Waals surface area contributed by atoms with Crippen molar-refractivity contribution in [1.82, 2.24) is 4.98 Å². The van der Waals surface area contributed by atoms with E-state index in [1.54, 1.807) is 37.5 Å². The second kappa shape index (κ2) is 9.02. The lowest BCUT2D eigenvalue weighted by atomic mass is 10.1. The number of nitrogens with one attached hydrogen (secondary N) is 1. The summed E-state index contributed by atoms with van der Waals surface area (Å²) in [6.45, 7) is 0. The Kier molecular flexibility index (Phi) is 6.46. The van der Waals surface area contributed by atoms with Crippen molar-refractivity contribution in [2.45, 2.75) is 0 Å². The number of ether oxygens (including phenoxy) is 4. The van der Waals surface area contributed by atoms with Crippen LogP contribution in [0.25, 0.3) is 16.3 Å². The van der Waals surface area contributed by atoms with E-state index in [-0.39, 0.29) is 5.91 Å². The van der Waals surface area contributed by atoms with Gasteiger partial charge in [-0.3, -0.25) is 10.1 Å². The van der Waals surface area contributed by atoms with Crippen molar-refractivity contribution in [1.29, 1.82) is 0 Å². The highest BCUT2D eigenvalue weighted by molar-refractivity contribution is 7.23. The Balaban J connectivity index is 1.81. The van der Waals surface area contributed by atoms with E-state index in [0.717, 1.165) is 4.70 Å². The third kappa shape index (κ3) is 4.38. The van der Waals surface area contributed by atoms with E-state index < -0.39 is 0 Å². The molecule has 0 aliphatic carbocycles. The summed E-state index contributed by atoms with van der Waals surface area (Å²) in [6, 6.07) is 6.96. The van der Waals surface area contributed by atoms with E-state index in [4.69, 9.17) is 30.5 Å². The van der Waals surface area contributed by atoms with Gasteiger partial charge in [0.25, 0.3) is 0 Å². The highest BCUT2D eigenvalue weighted by Gasteiger charge is 2.14. The molecule has 1 heterocycles. The van der Waals surface area contributed by atoms with Gasteiger partial charge in [0, 0.05) is 6.08 Å². The molecule has 29 heavy (non-hydrogen) atoms. The van der Waals surface area contributed by atoms with Crippen LogP contribution in [0, 0.1) is 0 Å². The van der Waals surface area contributed by atoms with Gasteiger partial charge in [0.1, 0.15) is 11.3 Å². The smallest absolute Gasteiger partial charge is 0.250 e. The maximum Gasteiger partial charge on any atom is 0.250 e. The van der Waals surface area contributed by atoms with Crippen LogP contribution in [0.2, 0.25) is 5.02 Å². The van der Waals surface area contributed by atoms with Crippen molar-refractivity contribution in [3.63, 3.8) is 0 Å². The number of anilines is 1. The Bertz CT molecular complexity index is 1060. The molecule has 0 saturated heterocycles. The maximum absolute atomic E-state index is 12.4. The van der Waals surface area contributed by atoms with Gasteiger partial charge in [0.05, 0.1) is 38.2 Å². The Labute approximate surface area is 176 Å². The van der Waals surface area contributed by atoms with Crippen LogP contribution in [0.15, 0.2) is 30.3 Å². The number of amides is 1. The summed E-state index contributed by atoms with van der Waals surface area (Å²) in [5.74, 6) is 1.73. The first-order valence-corrected chi connectivity index (χ1v) is 9.62. The van der Waals surface area contributed by atoms with Gasteiger partial charge in [-0.25, -0.2) is 4.98 Å². The van der Waals surface area contributed by atoms with Crippen molar-refractivity contribution in [2.24, 2.45) is 0 Å². The Morgan fingerprint density at radius 1 is 1.03 bits per heavy atom. The van der Waals surface area contributed by atoms with Crippen molar-refractivity contribution >= 4 is 50.3 Å². The molecule has 0 bridgehead atoms. The van der Waals surface area contributed by atoms with Crippen LogP contribution in [0.3, 0.4) is 0 Å². The molecule has 7 nitrogen and oxygen atoms in total. The molecule has 3 aromatic rings. The molecule has 0 saturated carbocycles. The average Bonchev–Trinajstić information content (AvgIpc) is 3.16. The summed E-state index contributed by atoms with van der Waals surface area (Å²) >= 11 is 7.49. The van der Waals surface area contributed by atoms with Gasteiger partial charge < -0.3 is 18.9 Å². The Morgan fingerprint density at radius 3 is 2.28 bits per heavy atom. The minimum atomic E-state index is -0.340. The number of hydrogen-bond donors (Lipinski definition) is 1. The minimum Gasteiger partial charge on any atom is -0.494 e. The van der Waals surface area contributed by atoms with Gasteiger partial charge in [-0.15, -0.1) is 0 Å². The lowest BCUT2D eigenvalue weighted by molar-refractivity contribution is -0.111. The van der Waals surface area contributed by atoms with E-state index in [1.165, 1.54) is 38.7 Å². The molecule has 1 N–H and O–H groups in total. The molecule has 1 amide bonds. The number of nitrogens with zero attached hydrogens (tertiary/aromatic N) is 1. The summed E-state index contributed by atoms with van der Waals surface area (Å²) < 4.78 is 22.0. The molecule has 0 unspecified atom stereocenters. The number of fused-ring (bicyclic) bond motifs is 1. The molecule has 0 aliphatic heterocycles. The fourth-order valence-corrected chi connectivity index (χ4v) is 3.85. The predicted octanol–water partition coefficient (Wildman–Crippen LogP) is 4.64. The number of hydrogen-bond acceptors (Lipinski definition) is 7. The number of halogens is 1. The summed E-state index contributed by atoms with van der Waals surface area (Å²) in [6.07, 6.45) is 3.03. The summed E-state index contributed by atoms with van der Waals surface area (Å²) in [5, 5.41) is 3.71. The van der Waals surface area contributed by atoms with Gasteiger partial charge in [-0.05, 0) is 35.9 Å². The van der Waals surface area contributed by atoms with Crippen LogP contribution in [0.1, 0.15) is 5.56 Å². The first kappa shape index (κ1) is 20.8. The monoisotopic (exact) mass is 434 g/mol. The minimum absolute atomic E-state index is 0.340. The van der Waals surface area contributed by atoms with Gasteiger partial charge in [0.2, 0.25) is 11.7 Å². The third-order valence-corrected chi connectivity index (χ3v) is 5.45. The van der Waals surface area contributed by atoms with Crippen molar-refractivity contribution in [2.75, 3.05) is 33.8 Å². The SMILES string of the molecule is COc1cc(/C=C\C(=O)Nc2nc3c(OC)ccc(Cl)c3s2)cc(OC)c1OC. The van der Waals surface area contributed by atoms with E-state index in [0.29, 0.717) is 44.2 Å². The molecule has 2 aromatic carbocycles. The molecular formula is C20H19ClN2O5S. The number of benzene rings is 2. The highest BCUT2D eigenvalue weighted by Crippen LogP contribution is 2.39. The quantitative estimate of drug-likeness (QED) is 0.546. The first-order valence-electron chi connectivity index (χ1n) is 8.42. The molecule has 0 atom stereocenters. The fourth-order valence-electron chi connectivity index (χ4n) is 2.69. The molecule has 9 heteroatoms.